The number of amides is 1. The minimum absolute atomic E-state index is 0.115. The monoisotopic (exact) mass is 252 g/mol. The van der Waals surface area contributed by atoms with Gasteiger partial charge in [0.15, 0.2) is 0 Å². The van der Waals surface area contributed by atoms with Crippen LogP contribution in [0.25, 0.3) is 11.1 Å². The minimum Gasteiger partial charge on any atom is -0.326 e. The quantitative estimate of drug-likeness (QED) is 0.891. The number of benzene rings is 1. The van der Waals surface area contributed by atoms with Crippen LogP contribution in [0.2, 0.25) is 0 Å². The second kappa shape index (κ2) is 4.84. The fraction of sp³-hybridized carbons (Fsp3) is 0.250. The van der Waals surface area contributed by atoms with Gasteiger partial charge < -0.3 is 5.32 Å². The summed E-state index contributed by atoms with van der Waals surface area (Å²) >= 11 is 0. The number of fused-ring (bicyclic) bond motifs is 1. The fourth-order valence-corrected chi connectivity index (χ4v) is 2.56. The third kappa shape index (κ3) is 2.24. The molecule has 0 saturated heterocycles. The molecule has 2 aromatic rings. The summed E-state index contributed by atoms with van der Waals surface area (Å²) in [4.78, 5) is 15.7. The van der Waals surface area contributed by atoms with Gasteiger partial charge in [-0.3, -0.25) is 9.78 Å². The Hall–Kier alpha value is -2.16. The summed E-state index contributed by atoms with van der Waals surface area (Å²) in [6, 6.07) is 8.34. The highest BCUT2D eigenvalue weighted by molar-refractivity contribution is 5.94. The van der Waals surface area contributed by atoms with E-state index in [1.807, 2.05) is 12.3 Å². The first kappa shape index (κ1) is 11.9. The molecule has 0 radical (unpaired) electrons. The molecule has 1 aromatic heterocycles. The predicted octanol–water partition coefficient (Wildman–Crippen LogP) is 3.20. The van der Waals surface area contributed by atoms with Crippen molar-refractivity contribution in [2.45, 2.75) is 26.2 Å². The lowest BCUT2D eigenvalue weighted by Gasteiger charge is -2.20. The third-order valence-corrected chi connectivity index (χ3v) is 3.58. The van der Waals surface area contributed by atoms with Gasteiger partial charge in [-0.05, 0) is 47.7 Å². The van der Waals surface area contributed by atoms with E-state index < -0.39 is 0 Å². The van der Waals surface area contributed by atoms with Crippen LogP contribution in [0.4, 0.5) is 5.69 Å². The Morgan fingerprint density at radius 2 is 2.21 bits per heavy atom. The number of carbonyl (C=O) groups excluding carboxylic acids is 1. The molecule has 3 heteroatoms. The van der Waals surface area contributed by atoms with Gasteiger partial charge in [0.2, 0.25) is 5.91 Å². The Labute approximate surface area is 112 Å². The van der Waals surface area contributed by atoms with Gasteiger partial charge in [-0.15, -0.1) is 0 Å². The van der Waals surface area contributed by atoms with Crippen molar-refractivity contribution in [3.05, 3.63) is 47.8 Å². The summed E-state index contributed by atoms with van der Waals surface area (Å²) in [7, 11) is 0. The van der Waals surface area contributed by atoms with E-state index in [0.717, 1.165) is 24.1 Å². The van der Waals surface area contributed by atoms with E-state index in [2.05, 4.69) is 35.4 Å². The van der Waals surface area contributed by atoms with E-state index in [1.165, 1.54) is 16.7 Å². The molecule has 0 spiro atoms. The number of hydrogen-bond donors (Lipinski definition) is 1. The minimum atomic E-state index is 0.115. The number of aryl methyl sites for hydroxylation is 2. The molecule has 0 aliphatic carbocycles. The summed E-state index contributed by atoms with van der Waals surface area (Å²) in [5.74, 6) is 0.115. The van der Waals surface area contributed by atoms with Crippen LogP contribution in [-0.4, -0.2) is 10.9 Å². The number of hydrogen-bond acceptors (Lipinski definition) is 2. The van der Waals surface area contributed by atoms with E-state index >= 15 is 0 Å². The fourth-order valence-electron chi connectivity index (χ4n) is 2.56. The molecule has 0 unspecified atom stereocenters. The zero-order valence-electron chi connectivity index (χ0n) is 10.9. The smallest absolute Gasteiger partial charge is 0.224 e. The lowest BCUT2D eigenvalue weighted by atomic mass is 9.92. The SMILES string of the molecule is CCc1cc2c(cc1-c1cccnc1)CCC(=O)N2. The van der Waals surface area contributed by atoms with Crippen LogP contribution in [0.5, 0.6) is 0 Å². The van der Waals surface area contributed by atoms with Crippen molar-refractivity contribution in [1.82, 2.24) is 4.98 Å². The lowest BCUT2D eigenvalue weighted by molar-refractivity contribution is -0.116. The average Bonchev–Trinajstić information content (AvgIpc) is 2.46. The Bertz CT molecular complexity index is 620. The molecule has 0 fully saturated rings. The molecule has 96 valence electrons. The van der Waals surface area contributed by atoms with Crippen LogP contribution >= 0.6 is 0 Å². The number of pyridine rings is 1. The maximum absolute atomic E-state index is 11.5. The van der Waals surface area contributed by atoms with Crippen molar-refractivity contribution < 1.29 is 4.79 Å². The lowest BCUT2D eigenvalue weighted by Crippen LogP contribution is -2.19. The molecule has 0 bridgehead atoms. The predicted molar refractivity (Wildman–Crippen MR) is 76.0 cm³/mol. The summed E-state index contributed by atoms with van der Waals surface area (Å²) < 4.78 is 0. The van der Waals surface area contributed by atoms with Crippen LogP contribution in [0.1, 0.15) is 24.5 Å². The molecule has 3 rings (SSSR count). The van der Waals surface area contributed by atoms with Crippen LogP contribution in [-0.2, 0) is 17.6 Å². The summed E-state index contributed by atoms with van der Waals surface area (Å²) in [6.07, 6.45) is 6.01. The molecule has 1 N–H and O–H groups in total. The summed E-state index contributed by atoms with van der Waals surface area (Å²) in [5.41, 5.74) is 5.80. The van der Waals surface area contributed by atoms with Gasteiger partial charge >= 0.3 is 0 Å². The highest BCUT2D eigenvalue weighted by Crippen LogP contribution is 2.32. The molecule has 0 atom stereocenters. The zero-order valence-corrected chi connectivity index (χ0v) is 10.9. The zero-order chi connectivity index (χ0) is 13.2. The molecule has 0 saturated carbocycles. The number of rotatable bonds is 2. The number of anilines is 1. The van der Waals surface area contributed by atoms with Gasteiger partial charge in [0.1, 0.15) is 0 Å². The van der Waals surface area contributed by atoms with E-state index in [1.54, 1.807) is 6.20 Å². The normalized spacial score (nSPS) is 13.8. The van der Waals surface area contributed by atoms with Crippen molar-refractivity contribution >= 4 is 11.6 Å². The van der Waals surface area contributed by atoms with Gasteiger partial charge in [0.25, 0.3) is 0 Å². The molecular formula is C16H16N2O. The van der Waals surface area contributed by atoms with E-state index in [-0.39, 0.29) is 5.91 Å². The topological polar surface area (TPSA) is 42.0 Å². The standard InChI is InChI=1S/C16H16N2O/c1-2-11-9-15-12(5-6-16(19)18-15)8-14(11)13-4-3-7-17-10-13/h3-4,7-10H,2,5-6H2,1H3,(H,18,19). The van der Waals surface area contributed by atoms with Gasteiger partial charge in [0, 0.05) is 30.1 Å². The molecule has 3 nitrogen and oxygen atoms in total. The highest BCUT2D eigenvalue weighted by Gasteiger charge is 2.17. The van der Waals surface area contributed by atoms with Crippen LogP contribution < -0.4 is 5.32 Å². The van der Waals surface area contributed by atoms with Crippen LogP contribution in [0, 0.1) is 0 Å². The maximum Gasteiger partial charge on any atom is 0.224 e. The molecule has 19 heavy (non-hydrogen) atoms. The molecule has 2 heterocycles. The molecule has 1 amide bonds. The molecule has 1 aromatic carbocycles. The molecule has 1 aliphatic rings. The van der Waals surface area contributed by atoms with Crippen molar-refractivity contribution in [3.63, 3.8) is 0 Å². The second-order valence-electron chi connectivity index (χ2n) is 4.81. The Kier molecular flexibility index (Phi) is 3.03. The molecule has 1 aliphatic heterocycles. The first-order chi connectivity index (χ1) is 9.28. The highest BCUT2D eigenvalue weighted by atomic mass is 16.1. The molecular weight excluding hydrogens is 236 g/mol. The van der Waals surface area contributed by atoms with Crippen LogP contribution in [0.3, 0.4) is 0 Å². The summed E-state index contributed by atoms with van der Waals surface area (Å²) in [6.45, 7) is 2.13. The van der Waals surface area contributed by atoms with Crippen molar-refractivity contribution in [3.8, 4) is 11.1 Å². The maximum atomic E-state index is 11.5. The van der Waals surface area contributed by atoms with Crippen LogP contribution in [0.15, 0.2) is 36.7 Å². The van der Waals surface area contributed by atoms with Crippen molar-refractivity contribution in [2.75, 3.05) is 5.32 Å². The Morgan fingerprint density at radius 1 is 1.32 bits per heavy atom. The van der Waals surface area contributed by atoms with Gasteiger partial charge in [-0.1, -0.05) is 13.0 Å². The number of aromatic nitrogens is 1. The van der Waals surface area contributed by atoms with Gasteiger partial charge in [0.05, 0.1) is 0 Å². The van der Waals surface area contributed by atoms with Crippen molar-refractivity contribution in [2.24, 2.45) is 0 Å². The second-order valence-corrected chi connectivity index (χ2v) is 4.81. The van der Waals surface area contributed by atoms with Gasteiger partial charge in [-0.2, -0.15) is 0 Å². The third-order valence-electron chi connectivity index (χ3n) is 3.58. The first-order valence-electron chi connectivity index (χ1n) is 6.64. The first-order valence-corrected chi connectivity index (χ1v) is 6.64. The van der Waals surface area contributed by atoms with E-state index in [0.29, 0.717) is 6.42 Å². The van der Waals surface area contributed by atoms with E-state index in [9.17, 15) is 4.79 Å². The average molecular weight is 252 g/mol. The van der Waals surface area contributed by atoms with Gasteiger partial charge in [-0.25, -0.2) is 0 Å². The number of nitrogens with one attached hydrogen (secondary N) is 1. The number of carbonyl (C=O) groups is 1. The Morgan fingerprint density at radius 3 is 2.95 bits per heavy atom. The largest absolute Gasteiger partial charge is 0.326 e. The Balaban J connectivity index is 2.13. The van der Waals surface area contributed by atoms with Crippen molar-refractivity contribution in [1.29, 1.82) is 0 Å². The number of nitrogens with zero attached hydrogens (tertiary/aromatic N) is 1. The van der Waals surface area contributed by atoms with E-state index in [4.69, 9.17) is 0 Å². The summed E-state index contributed by atoms with van der Waals surface area (Å²) in [5, 5.41) is 2.96.